The monoisotopic (exact) mass is 390 g/mol. The molecule has 140 valence electrons. The molecular formula is C23H19ClN2O2. The Morgan fingerprint density at radius 2 is 1.75 bits per heavy atom. The van der Waals surface area contributed by atoms with Crippen molar-refractivity contribution in [2.75, 3.05) is 5.32 Å². The summed E-state index contributed by atoms with van der Waals surface area (Å²) in [7, 11) is 0. The molecule has 3 aromatic carbocycles. The molecule has 0 fully saturated rings. The number of halogens is 1. The quantitative estimate of drug-likeness (QED) is 0.468. The first-order valence-electron chi connectivity index (χ1n) is 9.00. The third-order valence-electron chi connectivity index (χ3n) is 4.51. The van der Waals surface area contributed by atoms with E-state index in [9.17, 15) is 4.79 Å². The first-order chi connectivity index (χ1) is 13.5. The van der Waals surface area contributed by atoms with Gasteiger partial charge in [0.2, 0.25) is 11.8 Å². The van der Waals surface area contributed by atoms with E-state index in [1.807, 2.05) is 56.3 Å². The minimum Gasteiger partial charge on any atom is -0.436 e. The molecule has 0 radical (unpaired) electrons. The molecule has 0 aliphatic heterocycles. The molecule has 1 amide bonds. The maximum absolute atomic E-state index is 12.2. The molecule has 0 aliphatic rings. The molecule has 0 saturated carbocycles. The number of amides is 1. The summed E-state index contributed by atoms with van der Waals surface area (Å²) in [5, 5.41) is 3.56. The average Bonchev–Trinajstić information content (AvgIpc) is 3.08. The van der Waals surface area contributed by atoms with E-state index < -0.39 is 0 Å². The Morgan fingerprint density at radius 3 is 2.46 bits per heavy atom. The van der Waals surface area contributed by atoms with Crippen molar-refractivity contribution in [3.8, 4) is 11.5 Å². The summed E-state index contributed by atoms with van der Waals surface area (Å²) in [5.41, 5.74) is 6.39. The van der Waals surface area contributed by atoms with Crippen molar-refractivity contribution >= 4 is 34.3 Å². The largest absolute Gasteiger partial charge is 0.436 e. The fourth-order valence-electron chi connectivity index (χ4n) is 3.19. The molecular weight excluding hydrogens is 372 g/mol. The summed E-state index contributed by atoms with van der Waals surface area (Å²) in [5.74, 6) is 0.491. The topological polar surface area (TPSA) is 55.1 Å². The summed E-state index contributed by atoms with van der Waals surface area (Å²) in [6.07, 6.45) is 0.294. The lowest BCUT2D eigenvalue weighted by molar-refractivity contribution is -0.115. The second kappa shape index (κ2) is 7.49. The van der Waals surface area contributed by atoms with Crippen LogP contribution in [0.15, 0.2) is 65.1 Å². The molecule has 4 nitrogen and oxygen atoms in total. The minimum absolute atomic E-state index is 0.0805. The lowest BCUT2D eigenvalue weighted by Gasteiger charge is -2.06. The smallest absolute Gasteiger partial charge is 0.228 e. The fourth-order valence-corrected chi connectivity index (χ4v) is 3.32. The first-order valence-corrected chi connectivity index (χ1v) is 9.38. The van der Waals surface area contributed by atoms with Crippen LogP contribution in [-0.4, -0.2) is 10.9 Å². The van der Waals surface area contributed by atoms with Gasteiger partial charge < -0.3 is 9.73 Å². The molecule has 1 N–H and O–H groups in total. The minimum atomic E-state index is -0.0805. The Kier molecular flexibility index (Phi) is 4.88. The summed E-state index contributed by atoms with van der Waals surface area (Å²) < 4.78 is 5.94. The van der Waals surface area contributed by atoms with Crippen LogP contribution in [0.2, 0.25) is 5.02 Å². The van der Waals surface area contributed by atoms with Gasteiger partial charge in [0.05, 0.1) is 6.42 Å². The van der Waals surface area contributed by atoms with Crippen LogP contribution < -0.4 is 5.32 Å². The van der Waals surface area contributed by atoms with Gasteiger partial charge in [-0.15, -0.1) is 0 Å². The maximum Gasteiger partial charge on any atom is 0.228 e. The second-order valence-corrected chi connectivity index (χ2v) is 7.31. The molecule has 1 aromatic heterocycles. The number of carbonyl (C=O) groups excluding carboxylic acids is 1. The number of nitrogens with zero attached hydrogens (tertiary/aromatic N) is 1. The highest BCUT2D eigenvalue weighted by atomic mass is 35.5. The predicted octanol–water partition coefficient (Wildman–Crippen LogP) is 5.95. The van der Waals surface area contributed by atoms with Gasteiger partial charge in [-0.1, -0.05) is 29.8 Å². The zero-order valence-corrected chi connectivity index (χ0v) is 16.4. The number of rotatable bonds is 4. The Morgan fingerprint density at radius 1 is 1.04 bits per heavy atom. The molecule has 0 saturated heterocycles. The lowest BCUT2D eigenvalue weighted by atomic mass is 10.1. The van der Waals surface area contributed by atoms with Gasteiger partial charge in [0.1, 0.15) is 5.52 Å². The van der Waals surface area contributed by atoms with Crippen molar-refractivity contribution in [3.05, 3.63) is 82.4 Å². The van der Waals surface area contributed by atoms with Crippen LogP contribution in [0.5, 0.6) is 0 Å². The number of hydrogen-bond donors (Lipinski definition) is 1. The van der Waals surface area contributed by atoms with Gasteiger partial charge >= 0.3 is 0 Å². The normalized spacial score (nSPS) is 11.0. The second-order valence-electron chi connectivity index (χ2n) is 6.88. The molecule has 0 bridgehead atoms. The van der Waals surface area contributed by atoms with Gasteiger partial charge in [-0.05, 0) is 73.0 Å². The predicted molar refractivity (Wildman–Crippen MR) is 113 cm³/mol. The molecule has 0 atom stereocenters. The number of benzene rings is 3. The van der Waals surface area contributed by atoms with Crippen LogP contribution in [0.4, 0.5) is 5.69 Å². The number of nitrogens with one attached hydrogen (secondary N) is 1. The third-order valence-corrected chi connectivity index (χ3v) is 4.77. The number of hydrogen-bond acceptors (Lipinski definition) is 3. The van der Waals surface area contributed by atoms with Crippen LogP contribution in [0.1, 0.15) is 16.7 Å². The van der Waals surface area contributed by atoms with E-state index in [4.69, 9.17) is 16.0 Å². The SMILES string of the molecule is Cc1cc(C)c2oc(-c3ccc(NC(=O)Cc4ccc(Cl)cc4)cc3)nc2c1. The van der Waals surface area contributed by atoms with Crippen molar-refractivity contribution in [3.63, 3.8) is 0 Å². The van der Waals surface area contributed by atoms with E-state index in [-0.39, 0.29) is 5.91 Å². The van der Waals surface area contributed by atoms with Crippen LogP contribution in [0, 0.1) is 13.8 Å². The fraction of sp³-hybridized carbons (Fsp3) is 0.130. The molecule has 0 aliphatic carbocycles. The van der Waals surface area contributed by atoms with Gasteiger partial charge in [-0.3, -0.25) is 4.79 Å². The number of aromatic nitrogens is 1. The molecule has 1 heterocycles. The van der Waals surface area contributed by atoms with E-state index in [0.717, 1.165) is 39.0 Å². The van der Waals surface area contributed by atoms with E-state index >= 15 is 0 Å². The van der Waals surface area contributed by atoms with Crippen LogP contribution in [0.25, 0.3) is 22.6 Å². The van der Waals surface area contributed by atoms with Crippen molar-refractivity contribution < 1.29 is 9.21 Å². The third kappa shape index (κ3) is 3.92. The molecule has 4 aromatic rings. The van der Waals surface area contributed by atoms with E-state index in [2.05, 4.69) is 16.4 Å². The zero-order chi connectivity index (χ0) is 19.7. The van der Waals surface area contributed by atoms with Crippen molar-refractivity contribution in [2.45, 2.75) is 20.3 Å². The Labute approximate surface area is 168 Å². The molecule has 0 unspecified atom stereocenters. The highest BCUT2D eigenvalue weighted by Crippen LogP contribution is 2.28. The maximum atomic E-state index is 12.2. The highest BCUT2D eigenvalue weighted by Gasteiger charge is 2.11. The van der Waals surface area contributed by atoms with Gasteiger partial charge in [0, 0.05) is 16.3 Å². The Hall–Kier alpha value is -3.11. The molecule has 28 heavy (non-hydrogen) atoms. The number of aryl methyl sites for hydroxylation is 2. The van der Waals surface area contributed by atoms with E-state index in [0.29, 0.717) is 17.3 Å². The zero-order valence-electron chi connectivity index (χ0n) is 15.6. The standard InChI is InChI=1S/C23H19ClN2O2/c1-14-11-15(2)22-20(12-14)26-23(28-22)17-5-9-19(10-6-17)25-21(27)13-16-3-7-18(24)8-4-16/h3-12H,13H2,1-2H3,(H,25,27). The van der Waals surface area contributed by atoms with Crippen molar-refractivity contribution in [1.29, 1.82) is 0 Å². The summed E-state index contributed by atoms with van der Waals surface area (Å²) in [4.78, 5) is 16.8. The number of anilines is 1. The number of carbonyl (C=O) groups is 1. The first kappa shape index (κ1) is 18.3. The van der Waals surface area contributed by atoms with Gasteiger partial charge in [-0.2, -0.15) is 0 Å². The van der Waals surface area contributed by atoms with Crippen LogP contribution in [0.3, 0.4) is 0 Å². The Balaban J connectivity index is 1.48. The van der Waals surface area contributed by atoms with Crippen LogP contribution >= 0.6 is 11.6 Å². The van der Waals surface area contributed by atoms with Crippen LogP contribution in [-0.2, 0) is 11.2 Å². The summed E-state index contributed by atoms with van der Waals surface area (Å²) in [6, 6.07) is 18.8. The number of oxazole rings is 1. The highest BCUT2D eigenvalue weighted by molar-refractivity contribution is 6.30. The van der Waals surface area contributed by atoms with Gasteiger partial charge in [0.15, 0.2) is 5.58 Å². The summed E-state index contributed by atoms with van der Waals surface area (Å²) in [6.45, 7) is 4.06. The number of fused-ring (bicyclic) bond motifs is 1. The van der Waals surface area contributed by atoms with Gasteiger partial charge in [-0.25, -0.2) is 4.98 Å². The van der Waals surface area contributed by atoms with E-state index in [1.54, 1.807) is 12.1 Å². The molecule has 0 spiro atoms. The van der Waals surface area contributed by atoms with Gasteiger partial charge in [0.25, 0.3) is 0 Å². The van der Waals surface area contributed by atoms with E-state index in [1.165, 1.54) is 0 Å². The molecule has 4 rings (SSSR count). The van der Waals surface area contributed by atoms with Crippen molar-refractivity contribution in [1.82, 2.24) is 4.98 Å². The molecule has 5 heteroatoms. The summed E-state index contributed by atoms with van der Waals surface area (Å²) >= 11 is 5.87. The average molecular weight is 391 g/mol. The Bertz CT molecular complexity index is 1150. The van der Waals surface area contributed by atoms with Crippen molar-refractivity contribution in [2.24, 2.45) is 0 Å². The lowest BCUT2D eigenvalue weighted by Crippen LogP contribution is -2.14.